The van der Waals surface area contributed by atoms with Crippen molar-refractivity contribution in [1.29, 1.82) is 0 Å². The molecule has 0 radical (unpaired) electrons. The first-order chi connectivity index (χ1) is 42.1. The maximum absolute atomic E-state index is 14.4. The number of anilines is 3. The largest absolute Gasteiger partial charge is 0.383 e. The van der Waals surface area contributed by atoms with E-state index in [0.29, 0.717) is 24.6 Å². The second-order valence-corrected chi connectivity index (χ2v) is 25.2. The Hall–Kier alpha value is -7.66. The molecular formula is C73H78Br2FN7O4S. The Morgan fingerprint density at radius 1 is 0.602 bits per heavy atom. The van der Waals surface area contributed by atoms with Crippen LogP contribution in [0.4, 0.5) is 21.5 Å². The molecule has 3 atom stereocenters. The summed E-state index contributed by atoms with van der Waals surface area (Å²) in [4.78, 5) is 52.4. The predicted octanol–water partition coefficient (Wildman–Crippen LogP) is 17.9. The maximum Gasteiger partial charge on any atom is 0.232 e. The van der Waals surface area contributed by atoms with E-state index in [1.807, 2.05) is 180 Å². The summed E-state index contributed by atoms with van der Waals surface area (Å²) in [6.45, 7) is 17.3. The number of nitrogens with one attached hydrogen (secondary N) is 4. The monoisotopic (exact) mass is 1330 g/mol. The van der Waals surface area contributed by atoms with Crippen LogP contribution in [0.3, 0.4) is 0 Å². The number of rotatable bonds is 21. The Kier molecular flexibility index (Phi) is 25.5. The van der Waals surface area contributed by atoms with E-state index in [1.165, 1.54) is 19.4 Å². The third kappa shape index (κ3) is 21.3. The number of alkyl halides is 1. The number of thiocarbonyl (C=S) groups is 1. The molecule has 0 spiro atoms. The molecule has 11 nitrogen and oxygen atoms in total. The number of ether oxygens (including phenoxy) is 1. The Morgan fingerprint density at radius 3 is 1.50 bits per heavy atom. The van der Waals surface area contributed by atoms with Gasteiger partial charge in [-0.25, -0.2) is 4.39 Å². The topological polar surface area (TPSA) is 147 Å². The number of amides is 3. The van der Waals surface area contributed by atoms with Gasteiger partial charge in [-0.15, -0.1) is 0 Å². The number of carbonyl (C=O) groups excluding carboxylic acids is 3. The molecule has 5 aromatic carbocycles. The summed E-state index contributed by atoms with van der Waals surface area (Å²) < 4.78 is 21.3. The van der Waals surface area contributed by atoms with E-state index in [0.717, 1.165) is 112 Å². The Bertz CT molecular complexity index is 3720. The quantitative estimate of drug-likeness (QED) is 0.0408. The summed E-state index contributed by atoms with van der Waals surface area (Å²) in [5.41, 5.74) is 14.1. The molecule has 4 N–H and O–H groups in total. The van der Waals surface area contributed by atoms with Crippen molar-refractivity contribution in [2.24, 2.45) is 11.8 Å². The van der Waals surface area contributed by atoms with E-state index in [4.69, 9.17) is 17.0 Å². The van der Waals surface area contributed by atoms with Crippen LogP contribution in [-0.4, -0.2) is 63.5 Å². The van der Waals surface area contributed by atoms with Crippen LogP contribution < -0.4 is 21.3 Å². The van der Waals surface area contributed by atoms with Gasteiger partial charge in [0.2, 0.25) is 17.7 Å². The molecule has 9 rings (SSSR count). The van der Waals surface area contributed by atoms with E-state index in [9.17, 15) is 18.8 Å². The third-order valence-corrected chi connectivity index (χ3v) is 16.0. The van der Waals surface area contributed by atoms with Crippen molar-refractivity contribution in [2.45, 2.75) is 98.7 Å². The van der Waals surface area contributed by atoms with E-state index in [1.54, 1.807) is 19.5 Å². The van der Waals surface area contributed by atoms with Gasteiger partial charge in [-0.2, -0.15) is 0 Å². The van der Waals surface area contributed by atoms with Gasteiger partial charge in [0, 0.05) is 93.2 Å². The van der Waals surface area contributed by atoms with Crippen LogP contribution in [0.2, 0.25) is 0 Å². The molecule has 3 heterocycles. The normalized spacial score (nSPS) is 13.1. The van der Waals surface area contributed by atoms with E-state index in [2.05, 4.69) is 106 Å². The van der Waals surface area contributed by atoms with Crippen molar-refractivity contribution in [2.75, 3.05) is 36.2 Å². The SMILES string of the molecule is COCCNCc1cccc(C(CC(C)C)C(=O)Nc2ccc(-c3ccnc(C)c3)cc2)c1.Cc1cc(-c2ccc(NC(=O)C(C)C3=CC(Br)=CCC3=S)cc2)ccn1.Cc1cc(-c2ccc(NC(=O)C(CC(C)(C)F)c3cccc(Br)c3)cc2)ccn1. The highest BCUT2D eigenvalue weighted by molar-refractivity contribution is 9.12. The van der Waals surface area contributed by atoms with Crippen molar-refractivity contribution in [3.05, 3.63) is 237 Å². The summed E-state index contributed by atoms with van der Waals surface area (Å²) in [5, 5.41) is 12.4. The molecule has 0 saturated heterocycles. The van der Waals surface area contributed by atoms with Crippen molar-refractivity contribution < 1.29 is 23.5 Å². The van der Waals surface area contributed by atoms with Crippen molar-refractivity contribution in [3.8, 4) is 33.4 Å². The maximum atomic E-state index is 14.4. The number of carbonyl (C=O) groups is 3. The highest BCUT2D eigenvalue weighted by atomic mass is 79.9. The summed E-state index contributed by atoms with van der Waals surface area (Å²) >= 11 is 12.3. The van der Waals surface area contributed by atoms with Gasteiger partial charge in [-0.1, -0.05) is 137 Å². The molecule has 0 fully saturated rings. The van der Waals surface area contributed by atoms with Crippen molar-refractivity contribution in [1.82, 2.24) is 20.3 Å². The minimum atomic E-state index is -1.46. The number of nitrogens with zero attached hydrogens (tertiary/aromatic N) is 3. The van der Waals surface area contributed by atoms with Gasteiger partial charge < -0.3 is 26.0 Å². The molecule has 15 heteroatoms. The van der Waals surface area contributed by atoms with Crippen LogP contribution in [0.15, 0.2) is 203 Å². The van der Waals surface area contributed by atoms with Crippen LogP contribution in [0, 0.1) is 32.6 Å². The average molecular weight is 1330 g/mol. The summed E-state index contributed by atoms with van der Waals surface area (Å²) in [6.07, 6.45) is 10.9. The van der Waals surface area contributed by atoms with E-state index in [-0.39, 0.29) is 36.0 Å². The zero-order chi connectivity index (χ0) is 63.3. The molecule has 0 bridgehead atoms. The summed E-state index contributed by atoms with van der Waals surface area (Å²) in [7, 11) is 1.70. The molecule has 88 heavy (non-hydrogen) atoms. The molecule has 0 saturated carbocycles. The van der Waals surface area contributed by atoms with Gasteiger partial charge >= 0.3 is 0 Å². The number of allylic oxidation sites excluding steroid dienone is 3. The smallest absolute Gasteiger partial charge is 0.232 e. The number of pyridine rings is 3. The van der Waals surface area contributed by atoms with Crippen LogP contribution >= 0.6 is 44.1 Å². The molecule has 1 aliphatic rings. The fourth-order valence-corrected chi connectivity index (χ4v) is 11.1. The average Bonchev–Trinajstić information content (AvgIpc) is 3.49. The number of aromatic nitrogens is 3. The van der Waals surface area contributed by atoms with Crippen LogP contribution in [-0.2, 0) is 25.7 Å². The van der Waals surface area contributed by atoms with Crippen LogP contribution in [0.5, 0.6) is 0 Å². The zero-order valence-electron chi connectivity index (χ0n) is 51.5. The number of hydrogen-bond acceptors (Lipinski definition) is 9. The van der Waals surface area contributed by atoms with E-state index >= 15 is 0 Å². The minimum absolute atomic E-state index is 0.0284. The van der Waals surface area contributed by atoms with Gasteiger partial charge in [-0.3, -0.25) is 29.3 Å². The van der Waals surface area contributed by atoms with Gasteiger partial charge in [0.1, 0.15) is 5.67 Å². The Balaban J connectivity index is 0.000000190. The zero-order valence-corrected chi connectivity index (χ0v) is 55.5. The third-order valence-electron chi connectivity index (χ3n) is 14.6. The fourth-order valence-electron chi connectivity index (χ4n) is 9.99. The Morgan fingerprint density at radius 2 is 1.06 bits per heavy atom. The molecule has 3 amide bonds. The Labute approximate surface area is 540 Å². The predicted molar refractivity (Wildman–Crippen MR) is 369 cm³/mol. The summed E-state index contributed by atoms with van der Waals surface area (Å²) in [6, 6.07) is 51.3. The lowest BCUT2D eigenvalue weighted by Crippen LogP contribution is -2.27. The molecule has 3 unspecified atom stereocenters. The molecule has 1 aliphatic carbocycles. The van der Waals surface area contributed by atoms with Gasteiger partial charge in [-0.05, 0) is 207 Å². The number of benzene rings is 5. The minimum Gasteiger partial charge on any atom is -0.383 e. The van der Waals surface area contributed by atoms with E-state index < -0.39 is 11.6 Å². The van der Waals surface area contributed by atoms with Crippen molar-refractivity contribution >= 4 is 83.7 Å². The first-order valence-corrected chi connectivity index (χ1v) is 31.5. The highest BCUT2D eigenvalue weighted by Crippen LogP contribution is 2.33. The molecule has 8 aromatic rings. The van der Waals surface area contributed by atoms with Crippen LogP contribution in [0.25, 0.3) is 33.4 Å². The fraction of sp³-hybridized carbons (Fsp3) is 0.274. The van der Waals surface area contributed by atoms with Crippen LogP contribution in [0.1, 0.15) is 99.5 Å². The number of hydrogen-bond donors (Lipinski definition) is 4. The van der Waals surface area contributed by atoms with Gasteiger partial charge in [0.05, 0.1) is 24.4 Å². The number of methoxy groups -OCH3 is 1. The lowest BCUT2D eigenvalue weighted by Gasteiger charge is -2.23. The summed E-state index contributed by atoms with van der Waals surface area (Å²) in [5.74, 6) is -0.940. The second kappa shape index (κ2) is 33.1. The molecule has 0 aliphatic heterocycles. The second-order valence-electron chi connectivity index (χ2n) is 22.9. The van der Waals surface area contributed by atoms with Gasteiger partial charge in [0.25, 0.3) is 0 Å². The lowest BCUT2D eigenvalue weighted by molar-refractivity contribution is -0.119. The highest BCUT2D eigenvalue weighted by Gasteiger charge is 2.30. The molecule has 456 valence electrons. The first-order valence-electron chi connectivity index (χ1n) is 29.5. The standard InChI is InChI=1S/C28H35N3O2.C24H24BrFN2O.C21H19BrN2OS/c1-20(2)16-27(25-7-5-6-22(18-25)19-29-14-15-33-4)28(32)31-26-10-8-23(9-11-26)24-12-13-30-21(3)17-24;1-16-13-18(11-12-27-16)17-7-9-21(10-8-17)28-23(29)22(15-24(2,3)26)19-5-4-6-20(25)14-19;1-13-11-16(9-10-23-13)15-3-6-18(7-4-15)24-21(25)14(2)19-12-17(22)5-8-20(19)26/h5-13,17-18,20,27,29H,14-16,19H2,1-4H3,(H,31,32);4-14,22H,15H2,1-3H3,(H,28,29);3-7,9-12,14H,8H2,1-2H3,(H,24,25). The van der Waals surface area contributed by atoms with Gasteiger partial charge in [0.15, 0.2) is 0 Å². The lowest BCUT2D eigenvalue weighted by atomic mass is 9.88. The number of aryl methyl sites for hydroxylation is 3. The molecular weight excluding hydrogens is 1250 g/mol. The van der Waals surface area contributed by atoms with Crippen molar-refractivity contribution in [3.63, 3.8) is 0 Å². The number of halogens is 3. The molecule has 3 aromatic heterocycles. The first kappa shape index (κ1) is 67.8.